The molecule has 1 aromatic carbocycles. The average Bonchev–Trinajstić information content (AvgIpc) is 2.39. The first-order chi connectivity index (χ1) is 8.18. The summed E-state index contributed by atoms with van der Waals surface area (Å²) in [6.45, 7) is 0.943. The first kappa shape index (κ1) is 11.6. The van der Waals surface area contributed by atoms with E-state index in [1.54, 1.807) is 17.0 Å². The molecule has 0 unspecified atom stereocenters. The Bertz CT molecular complexity index is 411. The molecule has 1 aliphatic heterocycles. The highest BCUT2D eigenvalue weighted by molar-refractivity contribution is 5.94. The van der Waals surface area contributed by atoms with Crippen molar-refractivity contribution in [2.45, 2.75) is 18.9 Å². The lowest BCUT2D eigenvalue weighted by molar-refractivity contribution is -0.526. The van der Waals surface area contributed by atoms with Crippen LogP contribution in [0.25, 0.3) is 0 Å². The van der Waals surface area contributed by atoms with Crippen molar-refractivity contribution in [2.24, 2.45) is 0 Å². The highest BCUT2D eigenvalue weighted by atomic mass is 16.6. The number of rotatable bonds is 2. The Morgan fingerprint density at radius 3 is 2.35 bits per heavy atom. The Morgan fingerprint density at radius 2 is 1.82 bits per heavy atom. The Balaban J connectivity index is 1.98. The van der Waals surface area contributed by atoms with Gasteiger partial charge in [-0.3, -0.25) is 14.9 Å². The van der Waals surface area contributed by atoms with E-state index in [1.165, 1.54) is 0 Å². The number of hydrogen-bond acceptors (Lipinski definition) is 3. The van der Waals surface area contributed by atoms with Crippen LogP contribution in [0, 0.1) is 10.1 Å². The molecule has 0 bridgehead atoms. The van der Waals surface area contributed by atoms with E-state index in [9.17, 15) is 14.9 Å². The quantitative estimate of drug-likeness (QED) is 0.576. The minimum Gasteiger partial charge on any atom is -0.338 e. The molecule has 1 saturated heterocycles. The van der Waals surface area contributed by atoms with Gasteiger partial charge in [0.1, 0.15) is 0 Å². The van der Waals surface area contributed by atoms with Crippen LogP contribution in [0.4, 0.5) is 0 Å². The van der Waals surface area contributed by atoms with Gasteiger partial charge in [0, 0.05) is 36.4 Å². The molecule has 0 radical (unpaired) electrons. The molecule has 0 spiro atoms. The molecule has 0 aliphatic carbocycles. The van der Waals surface area contributed by atoms with Gasteiger partial charge in [-0.15, -0.1) is 0 Å². The molecule has 0 saturated carbocycles. The zero-order chi connectivity index (χ0) is 12.3. The maximum atomic E-state index is 12.0. The van der Waals surface area contributed by atoms with Gasteiger partial charge < -0.3 is 4.90 Å². The van der Waals surface area contributed by atoms with Gasteiger partial charge in [-0.25, -0.2) is 0 Å². The standard InChI is InChI=1S/C12H14N2O3/c15-12(10-4-2-1-3-5-10)13-8-6-11(7-9-13)14(16)17/h1-5,11H,6-9H2. The normalized spacial score (nSPS) is 16.8. The summed E-state index contributed by atoms with van der Waals surface area (Å²) in [6, 6.07) is 8.53. The lowest BCUT2D eigenvalue weighted by Crippen LogP contribution is -2.42. The van der Waals surface area contributed by atoms with Crippen molar-refractivity contribution >= 4 is 5.91 Å². The summed E-state index contributed by atoms with van der Waals surface area (Å²) in [7, 11) is 0. The zero-order valence-electron chi connectivity index (χ0n) is 9.41. The molecule has 90 valence electrons. The van der Waals surface area contributed by atoms with E-state index in [0.717, 1.165) is 0 Å². The molecule has 5 nitrogen and oxygen atoms in total. The average molecular weight is 234 g/mol. The Morgan fingerprint density at radius 1 is 1.24 bits per heavy atom. The first-order valence-electron chi connectivity index (χ1n) is 5.66. The summed E-state index contributed by atoms with van der Waals surface area (Å²) >= 11 is 0. The predicted octanol–water partition coefficient (Wildman–Crippen LogP) is 1.57. The van der Waals surface area contributed by atoms with Crippen LogP contribution in [0.15, 0.2) is 30.3 Å². The van der Waals surface area contributed by atoms with Crippen molar-refractivity contribution in [3.05, 3.63) is 46.0 Å². The number of nitro groups is 1. The van der Waals surface area contributed by atoms with Gasteiger partial charge in [0.2, 0.25) is 6.04 Å². The SMILES string of the molecule is O=C(c1ccccc1)N1CCC([N+](=O)[O-])CC1. The van der Waals surface area contributed by atoms with E-state index in [0.29, 0.717) is 31.5 Å². The number of hydrogen-bond donors (Lipinski definition) is 0. The molecule has 2 rings (SSSR count). The number of carbonyl (C=O) groups is 1. The first-order valence-corrected chi connectivity index (χ1v) is 5.66. The second kappa shape index (κ2) is 4.95. The topological polar surface area (TPSA) is 63.5 Å². The number of carbonyl (C=O) groups excluding carboxylic acids is 1. The van der Waals surface area contributed by atoms with Crippen LogP contribution >= 0.6 is 0 Å². The van der Waals surface area contributed by atoms with Crippen molar-refractivity contribution in [2.75, 3.05) is 13.1 Å². The van der Waals surface area contributed by atoms with E-state index in [-0.39, 0.29) is 10.8 Å². The summed E-state index contributed by atoms with van der Waals surface area (Å²) < 4.78 is 0. The van der Waals surface area contributed by atoms with Crippen LogP contribution < -0.4 is 0 Å². The molecule has 0 N–H and O–H groups in total. The summed E-state index contributed by atoms with van der Waals surface area (Å²) in [4.78, 5) is 24.1. The van der Waals surface area contributed by atoms with E-state index in [4.69, 9.17) is 0 Å². The molecule has 1 aromatic rings. The molecule has 1 amide bonds. The Labute approximate surface area is 99.2 Å². The van der Waals surface area contributed by atoms with E-state index in [1.807, 2.05) is 18.2 Å². The van der Waals surface area contributed by atoms with Crippen molar-refractivity contribution in [3.63, 3.8) is 0 Å². The van der Waals surface area contributed by atoms with E-state index < -0.39 is 6.04 Å². The molecular formula is C12H14N2O3. The second-order valence-corrected chi connectivity index (χ2v) is 4.17. The van der Waals surface area contributed by atoms with Crippen molar-refractivity contribution in [1.29, 1.82) is 0 Å². The lowest BCUT2D eigenvalue weighted by atomic mass is 10.0. The van der Waals surface area contributed by atoms with Crippen LogP contribution in [-0.4, -0.2) is 34.9 Å². The Kier molecular flexibility index (Phi) is 3.37. The van der Waals surface area contributed by atoms with Crippen LogP contribution in [-0.2, 0) is 0 Å². The summed E-state index contributed by atoms with van der Waals surface area (Å²) in [6.07, 6.45) is 0.900. The van der Waals surface area contributed by atoms with Gasteiger partial charge in [-0.1, -0.05) is 18.2 Å². The van der Waals surface area contributed by atoms with Crippen LogP contribution in [0.5, 0.6) is 0 Å². The largest absolute Gasteiger partial charge is 0.338 e. The molecular weight excluding hydrogens is 220 g/mol. The second-order valence-electron chi connectivity index (χ2n) is 4.17. The molecule has 17 heavy (non-hydrogen) atoms. The fourth-order valence-electron chi connectivity index (χ4n) is 2.04. The van der Waals surface area contributed by atoms with Crippen LogP contribution in [0.3, 0.4) is 0 Å². The summed E-state index contributed by atoms with van der Waals surface area (Å²) in [5.74, 6) is -0.0348. The van der Waals surface area contributed by atoms with Gasteiger partial charge in [0.25, 0.3) is 5.91 Å². The third-order valence-electron chi connectivity index (χ3n) is 3.07. The lowest BCUT2D eigenvalue weighted by Gasteiger charge is -2.28. The summed E-state index contributed by atoms with van der Waals surface area (Å²) in [5, 5.41) is 10.6. The maximum absolute atomic E-state index is 12.0. The number of nitrogens with zero attached hydrogens (tertiary/aromatic N) is 2. The van der Waals surface area contributed by atoms with Crippen LogP contribution in [0.1, 0.15) is 23.2 Å². The minimum absolute atomic E-state index is 0.0348. The maximum Gasteiger partial charge on any atom is 0.253 e. The fourth-order valence-corrected chi connectivity index (χ4v) is 2.04. The van der Waals surface area contributed by atoms with Crippen molar-refractivity contribution in [1.82, 2.24) is 4.90 Å². The van der Waals surface area contributed by atoms with Gasteiger partial charge >= 0.3 is 0 Å². The minimum atomic E-state index is -0.491. The highest BCUT2D eigenvalue weighted by Gasteiger charge is 2.29. The molecule has 0 aromatic heterocycles. The van der Waals surface area contributed by atoms with Crippen molar-refractivity contribution < 1.29 is 9.72 Å². The molecule has 5 heteroatoms. The van der Waals surface area contributed by atoms with Gasteiger partial charge in [-0.05, 0) is 12.1 Å². The van der Waals surface area contributed by atoms with Gasteiger partial charge in [0.15, 0.2) is 0 Å². The van der Waals surface area contributed by atoms with E-state index in [2.05, 4.69) is 0 Å². The fraction of sp³-hybridized carbons (Fsp3) is 0.417. The third-order valence-corrected chi connectivity index (χ3v) is 3.07. The molecule has 1 fully saturated rings. The molecule has 0 atom stereocenters. The predicted molar refractivity (Wildman–Crippen MR) is 62.4 cm³/mol. The van der Waals surface area contributed by atoms with Gasteiger partial charge in [0.05, 0.1) is 0 Å². The zero-order valence-corrected chi connectivity index (χ0v) is 9.41. The van der Waals surface area contributed by atoms with Crippen LogP contribution in [0.2, 0.25) is 0 Å². The molecule has 1 aliphatic rings. The Hall–Kier alpha value is -1.91. The highest BCUT2D eigenvalue weighted by Crippen LogP contribution is 2.15. The van der Waals surface area contributed by atoms with Gasteiger partial charge in [-0.2, -0.15) is 0 Å². The smallest absolute Gasteiger partial charge is 0.253 e. The van der Waals surface area contributed by atoms with E-state index >= 15 is 0 Å². The molecule has 1 heterocycles. The number of amides is 1. The summed E-state index contributed by atoms with van der Waals surface area (Å²) in [5.41, 5.74) is 0.645. The number of benzene rings is 1. The number of piperidine rings is 1. The number of likely N-dealkylation sites (tertiary alicyclic amines) is 1. The van der Waals surface area contributed by atoms with Crippen molar-refractivity contribution in [3.8, 4) is 0 Å². The third kappa shape index (κ3) is 2.61. The monoisotopic (exact) mass is 234 g/mol.